The van der Waals surface area contributed by atoms with Crippen LogP contribution in [0.1, 0.15) is 5.56 Å². The van der Waals surface area contributed by atoms with Gasteiger partial charge in [0.05, 0.1) is 7.11 Å². The number of aryl methyl sites for hydroxylation is 1. The lowest BCUT2D eigenvalue weighted by molar-refractivity contribution is 0.418. The van der Waals surface area contributed by atoms with Crippen LogP contribution in [0.2, 0.25) is 0 Å². The van der Waals surface area contributed by atoms with Gasteiger partial charge in [-0.25, -0.2) is 0 Å². The Morgan fingerprint density at radius 1 is 1.29 bits per heavy atom. The summed E-state index contributed by atoms with van der Waals surface area (Å²) in [5, 5.41) is 10.5. The molecule has 72 valence electrons. The van der Waals surface area contributed by atoms with Crippen LogP contribution < -0.4 is 4.74 Å². The molecule has 1 heterocycles. The van der Waals surface area contributed by atoms with Crippen LogP contribution in [0, 0.1) is 6.92 Å². The van der Waals surface area contributed by atoms with Crippen molar-refractivity contribution in [2.75, 3.05) is 7.11 Å². The number of hydrogen-bond donors (Lipinski definition) is 1. The van der Waals surface area contributed by atoms with Gasteiger partial charge in [0.25, 0.3) is 0 Å². The van der Waals surface area contributed by atoms with E-state index in [0.29, 0.717) is 5.52 Å². The first-order chi connectivity index (χ1) is 6.74. The zero-order chi connectivity index (χ0) is 10.1. The molecule has 1 aromatic carbocycles. The van der Waals surface area contributed by atoms with Crippen molar-refractivity contribution in [1.29, 1.82) is 0 Å². The highest BCUT2D eigenvalue weighted by atomic mass is 16.5. The van der Waals surface area contributed by atoms with Gasteiger partial charge >= 0.3 is 0 Å². The van der Waals surface area contributed by atoms with Crippen LogP contribution in [0.4, 0.5) is 0 Å². The monoisotopic (exact) mass is 189 g/mol. The van der Waals surface area contributed by atoms with Gasteiger partial charge < -0.3 is 9.84 Å². The Morgan fingerprint density at radius 3 is 2.79 bits per heavy atom. The fourth-order valence-electron chi connectivity index (χ4n) is 1.55. The number of pyridine rings is 1. The topological polar surface area (TPSA) is 42.4 Å². The summed E-state index contributed by atoms with van der Waals surface area (Å²) in [4.78, 5) is 4.12. The molecule has 1 N–H and O–H groups in total. The van der Waals surface area contributed by atoms with Crippen molar-refractivity contribution in [2.45, 2.75) is 6.92 Å². The molecule has 2 rings (SSSR count). The van der Waals surface area contributed by atoms with Crippen molar-refractivity contribution in [3.8, 4) is 11.5 Å². The summed E-state index contributed by atoms with van der Waals surface area (Å²) in [5.74, 6) is 0.924. The molecule has 0 amide bonds. The molecular formula is C11H11NO2. The molecule has 3 heteroatoms. The number of benzene rings is 1. The lowest BCUT2D eigenvalue weighted by atomic mass is 10.1. The first kappa shape index (κ1) is 8.81. The van der Waals surface area contributed by atoms with E-state index in [1.54, 1.807) is 25.4 Å². The second-order valence-electron chi connectivity index (χ2n) is 3.14. The number of phenolic OH excluding ortho intramolecular Hbond substituents is 1. The maximum atomic E-state index is 9.60. The average molecular weight is 189 g/mol. The molecule has 1 aromatic heterocycles. The molecule has 0 atom stereocenters. The number of aromatic nitrogens is 1. The minimum atomic E-state index is 0.185. The minimum absolute atomic E-state index is 0.185. The second kappa shape index (κ2) is 3.18. The number of methoxy groups -OCH3 is 1. The summed E-state index contributed by atoms with van der Waals surface area (Å²) in [6.45, 7) is 1.96. The van der Waals surface area contributed by atoms with Crippen LogP contribution in [0.3, 0.4) is 0 Å². The number of nitrogens with zero attached hydrogens (tertiary/aromatic N) is 1. The summed E-state index contributed by atoms with van der Waals surface area (Å²) in [6.07, 6.45) is 1.68. The van der Waals surface area contributed by atoms with Crippen molar-refractivity contribution in [3.63, 3.8) is 0 Å². The molecule has 0 fully saturated rings. The Labute approximate surface area is 82.0 Å². The summed E-state index contributed by atoms with van der Waals surface area (Å²) in [7, 11) is 1.61. The molecular weight excluding hydrogens is 178 g/mol. The number of fused-ring (bicyclic) bond motifs is 1. The second-order valence-corrected chi connectivity index (χ2v) is 3.14. The predicted octanol–water partition coefficient (Wildman–Crippen LogP) is 2.26. The van der Waals surface area contributed by atoms with Crippen LogP contribution in [-0.2, 0) is 0 Å². The molecule has 0 radical (unpaired) electrons. The standard InChI is InChI=1S/C11H11NO2/c1-7-5-6-12-11-8(13)3-4-9(14-2)10(7)11/h3-6,13H,1-2H3. The SMILES string of the molecule is COc1ccc(O)c2nccc(C)c12. The summed E-state index contributed by atoms with van der Waals surface area (Å²) in [5.41, 5.74) is 1.63. The highest BCUT2D eigenvalue weighted by molar-refractivity contribution is 5.92. The summed E-state index contributed by atoms with van der Waals surface area (Å²) >= 11 is 0. The lowest BCUT2D eigenvalue weighted by Crippen LogP contribution is -1.89. The van der Waals surface area contributed by atoms with Gasteiger partial charge in [0.1, 0.15) is 17.0 Å². The number of aromatic hydroxyl groups is 1. The van der Waals surface area contributed by atoms with Crippen LogP contribution in [0.15, 0.2) is 24.4 Å². The third kappa shape index (κ3) is 1.18. The molecule has 2 aromatic rings. The van der Waals surface area contributed by atoms with Crippen molar-refractivity contribution < 1.29 is 9.84 Å². The van der Waals surface area contributed by atoms with Gasteiger partial charge in [0.15, 0.2) is 0 Å². The van der Waals surface area contributed by atoms with Crippen molar-refractivity contribution in [2.24, 2.45) is 0 Å². The Hall–Kier alpha value is -1.77. The predicted molar refractivity (Wildman–Crippen MR) is 54.7 cm³/mol. The number of phenols is 1. The van der Waals surface area contributed by atoms with Crippen LogP contribution in [0.25, 0.3) is 10.9 Å². The van der Waals surface area contributed by atoms with E-state index >= 15 is 0 Å². The zero-order valence-electron chi connectivity index (χ0n) is 8.11. The van der Waals surface area contributed by atoms with Crippen LogP contribution in [0.5, 0.6) is 11.5 Å². The van der Waals surface area contributed by atoms with Gasteiger partial charge in [-0.1, -0.05) is 0 Å². The van der Waals surface area contributed by atoms with Gasteiger partial charge in [-0.3, -0.25) is 4.98 Å². The van der Waals surface area contributed by atoms with E-state index < -0.39 is 0 Å². The van der Waals surface area contributed by atoms with E-state index in [1.165, 1.54) is 0 Å². The molecule has 0 saturated heterocycles. The highest BCUT2D eigenvalue weighted by Gasteiger charge is 2.08. The normalized spacial score (nSPS) is 10.4. The van der Waals surface area contributed by atoms with Gasteiger partial charge in [-0.05, 0) is 30.7 Å². The van der Waals surface area contributed by atoms with Gasteiger partial charge in [0, 0.05) is 11.6 Å². The zero-order valence-corrected chi connectivity index (χ0v) is 8.11. The van der Waals surface area contributed by atoms with Crippen molar-refractivity contribution >= 4 is 10.9 Å². The molecule has 0 saturated carbocycles. The van der Waals surface area contributed by atoms with E-state index in [2.05, 4.69) is 4.98 Å². The number of ether oxygens (including phenoxy) is 1. The van der Waals surface area contributed by atoms with Crippen LogP contribution >= 0.6 is 0 Å². The first-order valence-electron chi connectivity index (χ1n) is 4.35. The number of rotatable bonds is 1. The van der Waals surface area contributed by atoms with Gasteiger partial charge in [0.2, 0.25) is 0 Å². The molecule has 0 aliphatic rings. The smallest absolute Gasteiger partial charge is 0.142 e. The third-order valence-electron chi connectivity index (χ3n) is 2.26. The van der Waals surface area contributed by atoms with E-state index in [0.717, 1.165) is 16.7 Å². The maximum Gasteiger partial charge on any atom is 0.142 e. The van der Waals surface area contributed by atoms with E-state index in [1.807, 2.05) is 13.0 Å². The van der Waals surface area contributed by atoms with Crippen molar-refractivity contribution in [3.05, 3.63) is 30.0 Å². The number of hydrogen-bond acceptors (Lipinski definition) is 3. The molecule has 3 nitrogen and oxygen atoms in total. The fourth-order valence-corrected chi connectivity index (χ4v) is 1.55. The molecule has 0 aliphatic heterocycles. The molecule has 0 spiro atoms. The van der Waals surface area contributed by atoms with Crippen LogP contribution in [-0.4, -0.2) is 17.2 Å². The lowest BCUT2D eigenvalue weighted by Gasteiger charge is -2.08. The van der Waals surface area contributed by atoms with Crippen molar-refractivity contribution in [1.82, 2.24) is 4.98 Å². The molecule has 0 bridgehead atoms. The first-order valence-corrected chi connectivity index (χ1v) is 4.35. The largest absolute Gasteiger partial charge is 0.506 e. The summed E-state index contributed by atoms with van der Waals surface area (Å²) in [6, 6.07) is 5.23. The maximum absolute atomic E-state index is 9.60. The fraction of sp³-hybridized carbons (Fsp3) is 0.182. The minimum Gasteiger partial charge on any atom is -0.506 e. The van der Waals surface area contributed by atoms with Gasteiger partial charge in [-0.15, -0.1) is 0 Å². The quantitative estimate of drug-likeness (QED) is 0.748. The molecule has 14 heavy (non-hydrogen) atoms. The van der Waals surface area contributed by atoms with Gasteiger partial charge in [-0.2, -0.15) is 0 Å². The Morgan fingerprint density at radius 2 is 2.07 bits per heavy atom. The third-order valence-corrected chi connectivity index (χ3v) is 2.26. The van der Waals surface area contributed by atoms with E-state index in [9.17, 15) is 5.11 Å². The molecule has 0 unspecified atom stereocenters. The van der Waals surface area contributed by atoms with E-state index in [-0.39, 0.29) is 5.75 Å². The average Bonchev–Trinajstić information content (AvgIpc) is 2.20. The Kier molecular flexibility index (Phi) is 2.00. The summed E-state index contributed by atoms with van der Waals surface area (Å²) < 4.78 is 5.21. The molecule has 0 aliphatic carbocycles. The van der Waals surface area contributed by atoms with E-state index in [4.69, 9.17) is 4.74 Å². The Bertz CT molecular complexity index is 480. The Balaban J connectivity index is 2.92. The highest BCUT2D eigenvalue weighted by Crippen LogP contribution is 2.32.